The minimum Gasteiger partial charge on any atom is -0.494 e. The second kappa shape index (κ2) is 11.1. The maximum Gasteiger partial charge on any atom is 0.407 e. The number of aliphatic hydroxyl groups excluding tert-OH is 1. The van der Waals surface area contributed by atoms with Crippen LogP contribution >= 0.6 is 22.9 Å². The molecule has 0 saturated heterocycles. The zero-order valence-electron chi connectivity index (χ0n) is 17.4. The topological polar surface area (TPSA) is 87.3 Å². The number of ether oxygens (including phenoxy) is 1. The summed E-state index contributed by atoms with van der Waals surface area (Å²) < 4.78 is 20.8. The molecule has 32 heavy (non-hydrogen) atoms. The fourth-order valence-corrected chi connectivity index (χ4v) is 4.29. The molecule has 1 heterocycles. The van der Waals surface area contributed by atoms with Crippen molar-refractivity contribution in [2.24, 2.45) is 4.99 Å². The number of methoxy groups -OCH3 is 1. The molecule has 3 aromatic rings. The lowest BCUT2D eigenvalue weighted by Crippen LogP contribution is -2.34. The van der Waals surface area contributed by atoms with Gasteiger partial charge in [-0.1, -0.05) is 11.6 Å². The number of nitrogens with zero attached hydrogens (tertiary/aromatic N) is 3. The van der Waals surface area contributed by atoms with E-state index in [-0.39, 0.29) is 25.5 Å². The van der Waals surface area contributed by atoms with E-state index in [0.29, 0.717) is 34.2 Å². The van der Waals surface area contributed by atoms with Crippen LogP contribution in [0.4, 0.5) is 14.9 Å². The molecular weight excluding hydrogens is 457 g/mol. The van der Waals surface area contributed by atoms with Gasteiger partial charge < -0.3 is 24.4 Å². The highest BCUT2D eigenvalue weighted by Crippen LogP contribution is 2.30. The van der Waals surface area contributed by atoms with Crippen LogP contribution in [0.1, 0.15) is 6.42 Å². The molecule has 1 amide bonds. The summed E-state index contributed by atoms with van der Waals surface area (Å²) >= 11 is 7.46. The van der Waals surface area contributed by atoms with Crippen molar-refractivity contribution in [3.05, 3.63) is 63.5 Å². The molecule has 0 radical (unpaired) electrons. The smallest absolute Gasteiger partial charge is 0.407 e. The first-order valence-corrected chi connectivity index (χ1v) is 11.1. The summed E-state index contributed by atoms with van der Waals surface area (Å²) in [6.45, 7) is 0.536. The number of amides is 1. The van der Waals surface area contributed by atoms with Gasteiger partial charge >= 0.3 is 6.09 Å². The van der Waals surface area contributed by atoms with Gasteiger partial charge in [0.25, 0.3) is 0 Å². The SMILES string of the molecule is COc1cc(Cl)ccc1/N=c1/scc(-c2ccc(F)cc2)n1CCCN(CCO)C(=O)O. The number of aliphatic hydroxyl groups is 1. The highest BCUT2D eigenvalue weighted by Gasteiger charge is 2.13. The highest BCUT2D eigenvalue weighted by atomic mass is 35.5. The average molecular weight is 480 g/mol. The molecule has 0 aliphatic carbocycles. The van der Waals surface area contributed by atoms with Crippen molar-refractivity contribution in [2.45, 2.75) is 13.0 Å². The molecule has 0 fully saturated rings. The van der Waals surface area contributed by atoms with E-state index < -0.39 is 6.09 Å². The number of carbonyl (C=O) groups is 1. The van der Waals surface area contributed by atoms with Crippen LogP contribution in [0.25, 0.3) is 11.3 Å². The van der Waals surface area contributed by atoms with Gasteiger partial charge in [-0.25, -0.2) is 14.2 Å². The van der Waals surface area contributed by atoms with Crippen LogP contribution in [0.15, 0.2) is 52.8 Å². The molecule has 0 atom stereocenters. The Balaban J connectivity index is 1.99. The van der Waals surface area contributed by atoms with E-state index in [1.165, 1.54) is 28.4 Å². The summed E-state index contributed by atoms with van der Waals surface area (Å²) in [6.07, 6.45) is -0.578. The van der Waals surface area contributed by atoms with Crippen molar-refractivity contribution in [3.63, 3.8) is 0 Å². The number of thiazole rings is 1. The van der Waals surface area contributed by atoms with E-state index in [1.54, 1.807) is 37.4 Å². The van der Waals surface area contributed by atoms with E-state index in [1.807, 2.05) is 9.95 Å². The molecule has 2 N–H and O–H groups in total. The van der Waals surface area contributed by atoms with Crippen LogP contribution in [0, 0.1) is 5.82 Å². The molecule has 7 nitrogen and oxygen atoms in total. The van der Waals surface area contributed by atoms with Crippen LogP contribution in [-0.2, 0) is 6.54 Å². The van der Waals surface area contributed by atoms with Crippen molar-refractivity contribution in [1.29, 1.82) is 0 Å². The normalized spacial score (nSPS) is 11.6. The largest absolute Gasteiger partial charge is 0.494 e. The average Bonchev–Trinajstić information content (AvgIpc) is 3.17. The first kappa shape index (κ1) is 23.8. The van der Waals surface area contributed by atoms with Crippen LogP contribution in [0.3, 0.4) is 0 Å². The standard InChI is InChI=1S/C22H23ClFN3O4S/c1-31-20-13-16(23)5-8-18(20)25-21-27(10-2-9-26(11-12-28)22(29)30)19(14-32-21)15-3-6-17(24)7-4-15/h3-8,13-14,28H,2,9-12H2,1H3,(H,29,30)/b25-21+. The molecule has 170 valence electrons. The Kier molecular flexibility index (Phi) is 8.26. The Morgan fingerprint density at radius 1 is 1.25 bits per heavy atom. The molecular formula is C22H23ClFN3O4S. The Morgan fingerprint density at radius 2 is 2.00 bits per heavy atom. The van der Waals surface area contributed by atoms with Crippen molar-refractivity contribution in [3.8, 4) is 17.0 Å². The quantitative estimate of drug-likeness (QED) is 0.469. The van der Waals surface area contributed by atoms with Crippen molar-refractivity contribution >= 4 is 34.7 Å². The lowest BCUT2D eigenvalue weighted by atomic mass is 10.1. The molecule has 0 aliphatic heterocycles. The van der Waals surface area contributed by atoms with Crippen LogP contribution in [-0.4, -0.2) is 52.6 Å². The zero-order chi connectivity index (χ0) is 23.1. The Labute approximate surface area is 193 Å². The van der Waals surface area contributed by atoms with Crippen LogP contribution in [0.5, 0.6) is 5.75 Å². The number of benzene rings is 2. The fraction of sp³-hybridized carbons (Fsp3) is 0.273. The first-order chi connectivity index (χ1) is 15.4. The van der Waals surface area contributed by atoms with Crippen molar-refractivity contribution < 1.29 is 24.1 Å². The Morgan fingerprint density at radius 3 is 2.66 bits per heavy atom. The van der Waals surface area contributed by atoms with Gasteiger partial charge in [0.05, 0.1) is 19.4 Å². The number of rotatable bonds is 9. The molecule has 0 bridgehead atoms. The molecule has 3 rings (SSSR count). The summed E-state index contributed by atoms with van der Waals surface area (Å²) in [5.74, 6) is 0.202. The maximum atomic E-state index is 13.4. The van der Waals surface area contributed by atoms with Crippen molar-refractivity contribution in [1.82, 2.24) is 9.47 Å². The maximum absolute atomic E-state index is 13.4. The summed E-state index contributed by atoms with van der Waals surface area (Å²) in [6, 6.07) is 11.3. The summed E-state index contributed by atoms with van der Waals surface area (Å²) in [7, 11) is 1.54. The number of hydrogen-bond donors (Lipinski definition) is 2. The van der Waals surface area contributed by atoms with Gasteiger partial charge in [-0.3, -0.25) is 0 Å². The molecule has 10 heteroatoms. The molecule has 0 saturated carbocycles. The lowest BCUT2D eigenvalue weighted by molar-refractivity contribution is 0.131. The summed E-state index contributed by atoms with van der Waals surface area (Å²) in [5, 5.41) is 20.8. The number of carboxylic acid groups (broad SMARTS) is 1. The summed E-state index contributed by atoms with van der Waals surface area (Å²) in [5.41, 5.74) is 2.26. The van der Waals surface area contributed by atoms with Crippen molar-refractivity contribution in [2.75, 3.05) is 26.8 Å². The molecule has 0 aliphatic rings. The second-order valence-electron chi connectivity index (χ2n) is 6.84. The van der Waals surface area contributed by atoms with Gasteiger partial charge in [-0.05, 0) is 48.4 Å². The van der Waals surface area contributed by atoms with E-state index in [0.717, 1.165) is 11.3 Å². The zero-order valence-corrected chi connectivity index (χ0v) is 18.9. The minimum atomic E-state index is -1.08. The predicted molar refractivity (Wildman–Crippen MR) is 122 cm³/mol. The number of aromatic nitrogens is 1. The summed E-state index contributed by atoms with van der Waals surface area (Å²) in [4.78, 5) is 17.9. The first-order valence-electron chi connectivity index (χ1n) is 9.84. The van der Waals surface area contributed by atoms with Gasteiger partial charge in [0.1, 0.15) is 17.3 Å². The van der Waals surface area contributed by atoms with Crippen LogP contribution in [0.2, 0.25) is 5.02 Å². The Hall–Kier alpha value is -2.88. The molecule has 0 unspecified atom stereocenters. The molecule has 1 aromatic heterocycles. The predicted octanol–water partition coefficient (Wildman–Crippen LogP) is 4.61. The third-order valence-corrected chi connectivity index (χ3v) is 5.84. The second-order valence-corrected chi connectivity index (χ2v) is 8.11. The molecule has 2 aromatic carbocycles. The number of hydrogen-bond acceptors (Lipinski definition) is 5. The third kappa shape index (κ3) is 5.87. The fourth-order valence-electron chi connectivity index (χ4n) is 3.18. The van der Waals surface area contributed by atoms with Gasteiger partial charge in [0, 0.05) is 36.1 Å². The van der Waals surface area contributed by atoms with Gasteiger partial charge in [-0.15, -0.1) is 11.3 Å². The third-order valence-electron chi connectivity index (χ3n) is 4.75. The number of halogens is 2. The van der Waals surface area contributed by atoms with E-state index >= 15 is 0 Å². The van der Waals surface area contributed by atoms with Gasteiger partial charge in [0.2, 0.25) is 0 Å². The van der Waals surface area contributed by atoms with Gasteiger partial charge in [-0.2, -0.15) is 0 Å². The van der Waals surface area contributed by atoms with Crippen LogP contribution < -0.4 is 9.54 Å². The Bertz CT molecular complexity index is 1130. The lowest BCUT2D eigenvalue weighted by Gasteiger charge is -2.18. The van der Waals surface area contributed by atoms with E-state index in [4.69, 9.17) is 26.4 Å². The molecule has 0 spiro atoms. The monoisotopic (exact) mass is 479 g/mol. The minimum absolute atomic E-state index is 0.0493. The van der Waals surface area contributed by atoms with E-state index in [2.05, 4.69) is 0 Å². The van der Waals surface area contributed by atoms with Gasteiger partial charge in [0.15, 0.2) is 4.80 Å². The van der Waals surface area contributed by atoms with E-state index in [9.17, 15) is 14.3 Å². The highest BCUT2D eigenvalue weighted by molar-refractivity contribution is 7.07.